The molecule has 1 amide bonds. The van der Waals surface area contributed by atoms with Crippen LogP contribution >= 0.6 is 0 Å². The van der Waals surface area contributed by atoms with Gasteiger partial charge in [-0.2, -0.15) is 0 Å². The topological polar surface area (TPSA) is 46.5 Å². The number of nitrogens with zero attached hydrogens (tertiary/aromatic N) is 2. The summed E-state index contributed by atoms with van der Waals surface area (Å²) in [6, 6.07) is 22.8. The van der Waals surface area contributed by atoms with E-state index in [1.807, 2.05) is 24.3 Å². The third-order valence-electron chi connectivity index (χ3n) is 6.16. The van der Waals surface area contributed by atoms with Crippen LogP contribution in [0, 0.1) is 0 Å². The summed E-state index contributed by atoms with van der Waals surface area (Å²) in [5, 5.41) is 3.18. The summed E-state index contributed by atoms with van der Waals surface area (Å²) in [5.74, 6) is -0.0144. The Kier molecular flexibility index (Phi) is 7.31. The smallest absolute Gasteiger partial charge is 0.253 e. The fourth-order valence-electron chi connectivity index (χ4n) is 4.43. The zero-order valence-electron chi connectivity index (χ0n) is 20.0. The molecule has 3 aromatic rings. The maximum atomic E-state index is 13.5. The van der Waals surface area contributed by atoms with Gasteiger partial charge in [-0.15, -0.1) is 0 Å². The molecule has 0 radical (unpaired) electrons. The lowest BCUT2D eigenvalue weighted by molar-refractivity contribution is 0.0383. The highest BCUT2D eigenvalue weighted by atomic mass is 16.5. The predicted molar refractivity (Wildman–Crippen MR) is 134 cm³/mol. The monoisotopic (exact) mass is 445 g/mol. The Morgan fingerprint density at radius 3 is 2.24 bits per heavy atom. The number of morpholine rings is 1. The van der Waals surface area contributed by atoms with Crippen molar-refractivity contribution >= 4 is 5.91 Å². The first-order valence-corrected chi connectivity index (χ1v) is 11.8. The molecule has 5 heteroatoms. The fraction of sp³-hybridized carbons (Fsp3) is 0.393. The third kappa shape index (κ3) is 5.73. The van der Waals surface area contributed by atoms with E-state index in [-0.39, 0.29) is 11.3 Å². The van der Waals surface area contributed by atoms with Crippen LogP contribution in [0.4, 0.5) is 0 Å². The van der Waals surface area contributed by atoms with E-state index in [0.29, 0.717) is 6.54 Å². The van der Waals surface area contributed by atoms with E-state index in [1.54, 1.807) is 0 Å². The molecular formula is C28H35N3O2. The van der Waals surface area contributed by atoms with Crippen LogP contribution in [0.3, 0.4) is 0 Å². The van der Waals surface area contributed by atoms with Gasteiger partial charge in [0.15, 0.2) is 0 Å². The average molecular weight is 446 g/mol. The molecule has 0 atom stereocenters. The number of ether oxygens (including phenoxy) is 1. The van der Waals surface area contributed by atoms with Crippen molar-refractivity contribution in [2.45, 2.75) is 32.7 Å². The van der Waals surface area contributed by atoms with Crippen molar-refractivity contribution in [1.29, 1.82) is 0 Å². The second-order valence-corrected chi connectivity index (χ2v) is 9.69. The van der Waals surface area contributed by atoms with E-state index >= 15 is 0 Å². The van der Waals surface area contributed by atoms with Gasteiger partial charge < -0.3 is 14.6 Å². The van der Waals surface area contributed by atoms with Crippen molar-refractivity contribution in [1.82, 2.24) is 14.8 Å². The SMILES string of the molecule is CC(C)(C)c1cc(C(=O)NCCN2CCOCC2)c(-c2ccccc2)n1Cc1ccccc1. The normalized spacial score (nSPS) is 14.9. The quantitative estimate of drug-likeness (QED) is 0.580. The van der Waals surface area contributed by atoms with E-state index in [4.69, 9.17) is 4.74 Å². The summed E-state index contributed by atoms with van der Waals surface area (Å²) in [5.41, 5.74) is 5.04. The number of carbonyl (C=O) groups excluding carboxylic acids is 1. The molecular weight excluding hydrogens is 410 g/mol. The van der Waals surface area contributed by atoms with Gasteiger partial charge in [0.2, 0.25) is 0 Å². The second kappa shape index (κ2) is 10.4. The first-order valence-electron chi connectivity index (χ1n) is 11.8. The molecule has 2 aromatic carbocycles. The third-order valence-corrected chi connectivity index (χ3v) is 6.16. The van der Waals surface area contributed by atoms with Gasteiger partial charge in [0.1, 0.15) is 0 Å². The Morgan fingerprint density at radius 2 is 1.61 bits per heavy atom. The van der Waals surface area contributed by atoms with E-state index in [2.05, 4.69) is 78.0 Å². The number of hydrogen-bond acceptors (Lipinski definition) is 3. The fourth-order valence-corrected chi connectivity index (χ4v) is 4.43. The Bertz CT molecular complexity index is 1050. The molecule has 33 heavy (non-hydrogen) atoms. The number of amides is 1. The summed E-state index contributed by atoms with van der Waals surface area (Å²) < 4.78 is 7.75. The lowest BCUT2D eigenvalue weighted by Crippen LogP contribution is -2.41. The van der Waals surface area contributed by atoms with Gasteiger partial charge in [-0.3, -0.25) is 9.69 Å². The Balaban J connectivity index is 1.68. The first kappa shape index (κ1) is 23.3. The summed E-state index contributed by atoms with van der Waals surface area (Å²) in [7, 11) is 0. The molecule has 0 aliphatic carbocycles. The highest BCUT2D eigenvalue weighted by Crippen LogP contribution is 2.34. The number of benzene rings is 2. The van der Waals surface area contributed by atoms with Gasteiger partial charge in [0.25, 0.3) is 5.91 Å². The minimum Gasteiger partial charge on any atom is -0.379 e. The van der Waals surface area contributed by atoms with Crippen molar-refractivity contribution in [2.24, 2.45) is 0 Å². The number of hydrogen-bond donors (Lipinski definition) is 1. The average Bonchev–Trinajstić information content (AvgIpc) is 3.21. The Hall–Kier alpha value is -2.89. The van der Waals surface area contributed by atoms with Gasteiger partial charge in [0, 0.05) is 43.8 Å². The molecule has 1 aliphatic heterocycles. The van der Waals surface area contributed by atoms with Crippen molar-refractivity contribution in [3.63, 3.8) is 0 Å². The molecule has 1 aliphatic rings. The molecule has 5 nitrogen and oxygen atoms in total. The van der Waals surface area contributed by atoms with Crippen LogP contribution in [-0.4, -0.2) is 54.8 Å². The van der Waals surface area contributed by atoms with Crippen LogP contribution in [0.15, 0.2) is 66.7 Å². The molecule has 174 valence electrons. The van der Waals surface area contributed by atoms with E-state index < -0.39 is 0 Å². The summed E-state index contributed by atoms with van der Waals surface area (Å²) >= 11 is 0. The molecule has 1 aromatic heterocycles. The molecule has 1 N–H and O–H groups in total. The first-order chi connectivity index (χ1) is 15.9. The van der Waals surface area contributed by atoms with Crippen molar-refractivity contribution in [3.05, 3.63) is 83.6 Å². The van der Waals surface area contributed by atoms with Crippen LogP contribution in [-0.2, 0) is 16.7 Å². The lowest BCUT2D eigenvalue weighted by Gasteiger charge is -2.26. The Labute approximate surface area is 197 Å². The second-order valence-electron chi connectivity index (χ2n) is 9.69. The van der Waals surface area contributed by atoms with Crippen molar-refractivity contribution < 1.29 is 9.53 Å². The lowest BCUT2D eigenvalue weighted by atomic mass is 9.91. The molecule has 4 rings (SSSR count). The minimum atomic E-state index is -0.107. The highest BCUT2D eigenvalue weighted by molar-refractivity contribution is 6.00. The standard InChI is InChI=1S/C28H35N3O2/c1-28(2,3)25-20-24(27(32)29-14-15-30-16-18-33-19-17-30)26(23-12-8-5-9-13-23)31(25)21-22-10-6-4-7-11-22/h4-13,20H,14-19,21H2,1-3H3,(H,29,32). The van der Waals surface area contributed by atoms with E-state index in [0.717, 1.165) is 61.9 Å². The zero-order chi connectivity index (χ0) is 23.3. The van der Waals surface area contributed by atoms with E-state index in [9.17, 15) is 4.79 Å². The van der Waals surface area contributed by atoms with Gasteiger partial charge in [-0.25, -0.2) is 0 Å². The molecule has 1 saturated heterocycles. The zero-order valence-corrected chi connectivity index (χ0v) is 20.0. The van der Waals surface area contributed by atoms with Gasteiger partial charge in [0.05, 0.1) is 24.5 Å². The molecule has 0 unspecified atom stereocenters. The van der Waals surface area contributed by atoms with E-state index in [1.165, 1.54) is 5.56 Å². The maximum absolute atomic E-state index is 13.5. The number of nitrogens with one attached hydrogen (secondary N) is 1. The maximum Gasteiger partial charge on any atom is 0.253 e. The summed E-state index contributed by atoms with van der Waals surface area (Å²) in [4.78, 5) is 15.8. The van der Waals surface area contributed by atoms with Crippen LogP contribution < -0.4 is 5.32 Å². The summed E-state index contributed by atoms with van der Waals surface area (Å²) in [6.07, 6.45) is 0. The molecule has 2 heterocycles. The van der Waals surface area contributed by atoms with Crippen molar-refractivity contribution in [2.75, 3.05) is 39.4 Å². The van der Waals surface area contributed by atoms with Gasteiger partial charge in [-0.05, 0) is 17.2 Å². The van der Waals surface area contributed by atoms with Crippen LogP contribution in [0.25, 0.3) is 11.3 Å². The summed E-state index contributed by atoms with van der Waals surface area (Å²) in [6.45, 7) is 12.2. The van der Waals surface area contributed by atoms with Crippen LogP contribution in [0.2, 0.25) is 0 Å². The molecule has 0 saturated carbocycles. The van der Waals surface area contributed by atoms with Gasteiger partial charge in [-0.1, -0.05) is 81.4 Å². The number of aromatic nitrogens is 1. The molecule has 1 fully saturated rings. The molecule has 0 bridgehead atoms. The minimum absolute atomic E-state index is 0.0144. The highest BCUT2D eigenvalue weighted by Gasteiger charge is 2.27. The van der Waals surface area contributed by atoms with Crippen LogP contribution in [0.5, 0.6) is 0 Å². The number of rotatable bonds is 7. The number of carbonyl (C=O) groups is 1. The van der Waals surface area contributed by atoms with Crippen LogP contribution in [0.1, 0.15) is 42.4 Å². The molecule has 0 spiro atoms. The van der Waals surface area contributed by atoms with Crippen molar-refractivity contribution in [3.8, 4) is 11.3 Å². The van der Waals surface area contributed by atoms with Gasteiger partial charge >= 0.3 is 0 Å². The largest absolute Gasteiger partial charge is 0.379 e. The Morgan fingerprint density at radius 1 is 0.970 bits per heavy atom. The predicted octanol–water partition coefficient (Wildman–Crippen LogP) is 4.56.